The Morgan fingerprint density at radius 1 is 1.43 bits per heavy atom. The Hall–Kier alpha value is -2.70. The van der Waals surface area contributed by atoms with Crippen molar-refractivity contribution < 1.29 is 19.6 Å². The Morgan fingerprint density at radius 2 is 2.10 bits per heavy atom. The molecule has 112 valence electrons. The minimum atomic E-state index is -0.924. The highest BCUT2D eigenvalue weighted by Crippen LogP contribution is 2.18. The van der Waals surface area contributed by atoms with Crippen molar-refractivity contribution in [2.24, 2.45) is 5.92 Å². The monoisotopic (exact) mass is 292 g/mol. The van der Waals surface area contributed by atoms with Crippen LogP contribution >= 0.6 is 0 Å². The van der Waals surface area contributed by atoms with Crippen molar-refractivity contribution in [2.45, 2.75) is 13.3 Å². The second kappa shape index (κ2) is 7.78. The quantitative estimate of drug-likeness (QED) is 0.452. The average molecular weight is 292 g/mol. The highest BCUT2D eigenvalue weighted by atomic mass is 16.6. The standard InChI is InChI=1S/C14H16N2O5/c1-10(8-14(18)19)9-15-13(17)7-6-11-4-2-3-5-12(11)16(20)21/h2-7,10H,8-9H2,1H3,(H,15,17)(H,18,19)/b7-6+. The number of nitrogens with zero attached hydrogens (tertiary/aromatic N) is 1. The van der Waals surface area contributed by atoms with Crippen molar-refractivity contribution in [1.29, 1.82) is 0 Å². The fourth-order valence-corrected chi connectivity index (χ4v) is 1.66. The molecule has 0 heterocycles. The number of rotatable bonds is 7. The zero-order valence-corrected chi connectivity index (χ0v) is 11.5. The zero-order valence-electron chi connectivity index (χ0n) is 11.5. The highest BCUT2D eigenvalue weighted by Gasteiger charge is 2.10. The molecule has 1 unspecified atom stereocenters. The van der Waals surface area contributed by atoms with Crippen LogP contribution in [0.15, 0.2) is 30.3 Å². The molecule has 0 spiro atoms. The molecule has 0 radical (unpaired) electrons. The minimum Gasteiger partial charge on any atom is -0.481 e. The summed E-state index contributed by atoms with van der Waals surface area (Å²) < 4.78 is 0. The summed E-state index contributed by atoms with van der Waals surface area (Å²) in [7, 11) is 0. The van der Waals surface area contributed by atoms with Crippen molar-refractivity contribution in [3.8, 4) is 0 Å². The SMILES string of the molecule is CC(CNC(=O)/C=C/c1ccccc1[N+](=O)[O-])CC(=O)O. The van der Waals surface area contributed by atoms with Crippen LogP contribution in [0.4, 0.5) is 5.69 Å². The van der Waals surface area contributed by atoms with Gasteiger partial charge in [0.15, 0.2) is 0 Å². The third kappa shape index (κ3) is 5.85. The van der Waals surface area contributed by atoms with E-state index in [-0.39, 0.29) is 24.6 Å². The van der Waals surface area contributed by atoms with E-state index in [4.69, 9.17) is 5.11 Å². The molecule has 1 aromatic rings. The molecule has 1 aromatic carbocycles. The molecule has 2 N–H and O–H groups in total. The van der Waals surface area contributed by atoms with Crippen LogP contribution in [0.25, 0.3) is 6.08 Å². The Bertz CT molecular complexity index is 568. The van der Waals surface area contributed by atoms with Crippen molar-refractivity contribution in [1.82, 2.24) is 5.32 Å². The third-order valence-electron chi connectivity index (χ3n) is 2.70. The molecule has 1 rings (SSSR count). The summed E-state index contributed by atoms with van der Waals surface area (Å²) in [5, 5.41) is 21.9. The van der Waals surface area contributed by atoms with Crippen LogP contribution in [0, 0.1) is 16.0 Å². The minimum absolute atomic E-state index is 0.0336. The number of hydrogen-bond donors (Lipinski definition) is 2. The number of nitro benzene ring substituents is 1. The molecule has 1 atom stereocenters. The molecule has 0 fully saturated rings. The number of nitrogens with one attached hydrogen (secondary N) is 1. The van der Waals surface area contributed by atoms with Gasteiger partial charge in [-0.25, -0.2) is 0 Å². The first-order chi connectivity index (χ1) is 9.90. The van der Waals surface area contributed by atoms with Gasteiger partial charge in [0.1, 0.15) is 0 Å². The molecular formula is C14H16N2O5. The summed E-state index contributed by atoms with van der Waals surface area (Å²) >= 11 is 0. The number of aliphatic carboxylic acids is 1. The molecule has 0 aliphatic heterocycles. The Kier molecular flexibility index (Phi) is 6.06. The molecule has 0 aliphatic carbocycles. The van der Waals surface area contributed by atoms with Gasteiger partial charge in [-0.05, 0) is 18.1 Å². The van der Waals surface area contributed by atoms with E-state index in [1.165, 1.54) is 24.3 Å². The first kappa shape index (κ1) is 16.4. The van der Waals surface area contributed by atoms with Crippen LogP contribution in [0.3, 0.4) is 0 Å². The molecule has 0 bridgehead atoms. The number of carboxylic acid groups (broad SMARTS) is 1. The summed E-state index contributed by atoms with van der Waals surface area (Å²) in [6.45, 7) is 1.94. The van der Waals surface area contributed by atoms with E-state index in [0.29, 0.717) is 5.56 Å². The van der Waals surface area contributed by atoms with Crippen molar-refractivity contribution in [3.05, 3.63) is 46.0 Å². The number of carbonyl (C=O) groups excluding carboxylic acids is 1. The predicted octanol–water partition coefficient (Wildman–Crippen LogP) is 1.83. The maximum Gasteiger partial charge on any atom is 0.303 e. The van der Waals surface area contributed by atoms with Crippen LogP contribution in [0.1, 0.15) is 18.9 Å². The van der Waals surface area contributed by atoms with Gasteiger partial charge in [-0.15, -0.1) is 0 Å². The van der Waals surface area contributed by atoms with Gasteiger partial charge in [-0.1, -0.05) is 19.1 Å². The van der Waals surface area contributed by atoms with Gasteiger partial charge in [-0.3, -0.25) is 19.7 Å². The number of carboxylic acids is 1. The lowest BCUT2D eigenvalue weighted by atomic mass is 10.1. The van der Waals surface area contributed by atoms with Gasteiger partial charge in [0.05, 0.1) is 10.5 Å². The second-order valence-corrected chi connectivity index (χ2v) is 4.60. The van der Waals surface area contributed by atoms with E-state index in [1.807, 2.05) is 0 Å². The van der Waals surface area contributed by atoms with Crippen molar-refractivity contribution in [2.75, 3.05) is 6.54 Å². The predicted molar refractivity (Wildman–Crippen MR) is 76.6 cm³/mol. The van der Waals surface area contributed by atoms with Crippen LogP contribution in [0.2, 0.25) is 0 Å². The van der Waals surface area contributed by atoms with Crippen LogP contribution in [-0.2, 0) is 9.59 Å². The molecule has 0 saturated carbocycles. The smallest absolute Gasteiger partial charge is 0.303 e. The fourth-order valence-electron chi connectivity index (χ4n) is 1.66. The Morgan fingerprint density at radius 3 is 2.71 bits per heavy atom. The van der Waals surface area contributed by atoms with Gasteiger partial charge in [-0.2, -0.15) is 0 Å². The van der Waals surface area contributed by atoms with Gasteiger partial charge in [0, 0.05) is 25.1 Å². The van der Waals surface area contributed by atoms with E-state index >= 15 is 0 Å². The van der Waals surface area contributed by atoms with E-state index in [9.17, 15) is 19.7 Å². The third-order valence-corrected chi connectivity index (χ3v) is 2.70. The first-order valence-electron chi connectivity index (χ1n) is 6.31. The van der Waals surface area contributed by atoms with E-state index in [2.05, 4.69) is 5.32 Å². The fraction of sp³-hybridized carbons (Fsp3) is 0.286. The molecule has 0 saturated heterocycles. The zero-order chi connectivity index (χ0) is 15.8. The van der Waals surface area contributed by atoms with E-state index < -0.39 is 16.8 Å². The summed E-state index contributed by atoms with van der Waals surface area (Å²) in [6, 6.07) is 6.07. The Balaban J connectivity index is 2.59. The maximum atomic E-state index is 11.6. The number of carbonyl (C=O) groups is 2. The summed E-state index contributed by atoms with van der Waals surface area (Å²) in [6.07, 6.45) is 2.51. The largest absolute Gasteiger partial charge is 0.481 e. The van der Waals surface area contributed by atoms with Gasteiger partial charge < -0.3 is 10.4 Å². The molecular weight excluding hydrogens is 276 g/mol. The summed E-state index contributed by atoms with van der Waals surface area (Å²) in [4.78, 5) is 32.3. The molecule has 0 aromatic heterocycles. The molecule has 21 heavy (non-hydrogen) atoms. The second-order valence-electron chi connectivity index (χ2n) is 4.60. The van der Waals surface area contributed by atoms with Crippen LogP contribution in [-0.4, -0.2) is 28.5 Å². The molecule has 7 heteroatoms. The lowest BCUT2D eigenvalue weighted by Gasteiger charge is -2.08. The van der Waals surface area contributed by atoms with Gasteiger partial charge >= 0.3 is 5.97 Å². The van der Waals surface area contributed by atoms with Crippen LogP contribution < -0.4 is 5.32 Å². The molecule has 1 amide bonds. The number of amides is 1. The highest BCUT2D eigenvalue weighted by molar-refractivity contribution is 5.92. The van der Waals surface area contributed by atoms with E-state index in [1.54, 1.807) is 19.1 Å². The van der Waals surface area contributed by atoms with Crippen LogP contribution in [0.5, 0.6) is 0 Å². The number of benzene rings is 1. The van der Waals surface area contributed by atoms with Crippen molar-refractivity contribution in [3.63, 3.8) is 0 Å². The van der Waals surface area contributed by atoms with Crippen molar-refractivity contribution >= 4 is 23.6 Å². The molecule has 0 aliphatic rings. The summed E-state index contributed by atoms with van der Waals surface area (Å²) in [5.41, 5.74) is 0.247. The average Bonchev–Trinajstić information content (AvgIpc) is 2.42. The normalized spacial score (nSPS) is 12.0. The Labute approximate surface area is 121 Å². The number of hydrogen-bond acceptors (Lipinski definition) is 4. The van der Waals surface area contributed by atoms with Gasteiger partial charge in [0.25, 0.3) is 5.69 Å². The topological polar surface area (TPSA) is 110 Å². The number of nitro groups is 1. The number of para-hydroxylation sites is 1. The first-order valence-corrected chi connectivity index (χ1v) is 6.31. The lowest BCUT2D eigenvalue weighted by molar-refractivity contribution is -0.385. The maximum absolute atomic E-state index is 11.6. The van der Waals surface area contributed by atoms with E-state index in [0.717, 1.165) is 0 Å². The lowest BCUT2D eigenvalue weighted by Crippen LogP contribution is -2.27. The molecule has 7 nitrogen and oxygen atoms in total. The summed E-state index contributed by atoms with van der Waals surface area (Å²) in [5.74, 6) is -1.54. The van der Waals surface area contributed by atoms with Gasteiger partial charge in [0.2, 0.25) is 5.91 Å².